The van der Waals surface area contributed by atoms with E-state index >= 15 is 0 Å². The average Bonchev–Trinajstić information content (AvgIpc) is 2.79. The van der Waals surface area contributed by atoms with E-state index in [2.05, 4.69) is 10.5 Å². The van der Waals surface area contributed by atoms with Gasteiger partial charge in [0.2, 0.25) is 5.91 Å². The molecule has 19 heavy (non-hydrogen) atoms. The molecular formula is C13H23N3O3. The molecule has 0 bridgehead atoms. The second-order valence-corrected chi connectivity index (χ2v) is 5.52. The van der Waals surface area contributed by atoms with Crippen molar-refractivity contribution in [2.24, 2.45) is 16.3 Å². The molecule has 1 heterocycles. The summed E-state index contributed by atoms with van der Waals surface area (Å²) in [6.45, 7) is 1.24. The van der Waals surface area contributed by atoms with Crippen molar-refractivity contribution in [3.63, 3.8) is 0 Å². The Morgan fingerprint density at radius 3 is 2.53 bits per heavy atom. The maximum atomic E-state index is 12.6. The zero-order valence-corrected chi connectivity index (χ0v) is 11.2. The van der Waals surface area contributed by atoms with Gasteiger partial charge >= 0.3 is 0 Å². The first kappa shape index (κ1) is 14.1. The van der Waals surface area contributed by atoms with Gasteiger partial charge < -0.3 is 21.0 Å². The van der Waals surface area contributed by atoms with Gasteiger partial charge in [-0.25, -0.2) is 0 Å². The molecule has 0 aromatic heterocycles. The van der Waals surface area contributed by atoms with Crippen molar-refractivity contribution in [2.45, 2.75) is 51.0 Å². The van der Waals surface area contributed by atoms with Gasteiger partial charge in [-0.05, 0) is 19.3 Å². The van der Waals surface area contributed by atoms with Crippen LogP contribution in [0.5, 0.6) is 0 Å². The first-order valence-corrected chi connectivity index (χ1v) is 7.06. The van der Waals surface area contributed by atoms with Crippen LogP contribution in [0, 0.1) is 5.41 Å². The Labute approximate surface area is 113 Å². The molecule has 2 fully saturated rings. The van der Waals surface area contributed by atoms with Gasteiger partial charge in [0.05, 0.1) is 12.6 Å². The lowest BCUT2D eigenvalue weighted by Crippen LogP contribution is -2.52. The maximum absolute atomic E-state index is 12.6. The van der Waals surface area contributed by atoms with E-state index in [-0.39, 0.29) is 17.8 Å². The molecule has 2 rings (SSSR count). The monoisotopic (exact) mass is 269 g/mol. The lowest BCUT2D eigenvalue weighted by Gasteiger charge is -2.31. The summed E-state index contributed by atoms with van der Waals surface area (Å²) in [4.78, 5) is 12.6. The Balaban J connectivity index is 2.13. The predicted octanol–water partition coefficient (Wildman–Crippen LogP) is 0.978. The molecule has 0 radical (unpaired) electrons. The van der Waals surface area contributed by atoms with Crippen LogP contribution in [0.2, 0.25) is 0 Å². The van der Waals surface area contributed by atoms with Crippen LogP contribution in [-0.2, 0) is 9.53 Å². The quantitative estimate of drug-likeness (QED) is 0.234. The second kappa shape index (κ2) is 6.23. The van der Waals surface area contributed by atoms with Gasteiger partial charge in [-0.2, -0.15) is 0 Å². The second-order valence-electron chi connectivity index (χ2n) is 5.52. The zero-order valence-electron chi connectivity index (χ0n) is 11.2. The lowest BCUT2D eigenvalue weighted by atomic mass is 9.78. The minimum Gasteiger partial charge on any atom is -0.409 e. The highest BCUT2D eigenvalue weighted by atomic mass is 16.5. The van der Waals surface area contributed by atoms with Gasteiger partial charge in [0.15, 0.2) is 5.84 Å². The molecule has 2 aliphatic rings. The topological polar surface area (TPSA) is 96.9 Å². The van der Waals surface area contributed by atoms with Crippen LogP contribution in [0.25, 0.3) is 0 Å². The molecule has 1 saturated carbocycles. The molecule has 0 spiro atoms. The standard InChI is InChI=1S/C13H23N3O3/c14-11(16-18)13(6-3-1-2-4-7-13)12(17)15-10-5-8-19-9-10/h10,18H,1-9H2,(H2,14,16)(H,15,17). The van der Waals surface area contributed by atoms with E-state index in [1.807, 2.05) is 0 Å². The van der Waals surface area contributed by atoms with E-state index < -0.39 is 5.41 Å². The van der Waals surface area contributed by atoms with Crippen molar-refractivity contribution in [3.8, 4) is 0 Å². The molecule has 1 amide bonds. The fourth-order valence-electron chi connectivity index (χ4n) is 3.00. The van der Waals surface area contributed by atoms with Crippen molar-refractivity contribution >= 4 is 11.7 Å². The van der Waals surface area contributed by atoms with Crippen LogP contribution < -0.4 is 11.1 Å². The average molecular weight is 269 g/mol. The summed E-state index contributed by atoms with van der Waals surface area (Å²) in [5, 5.41) is 15.1. The van der Waals surface area contributed by atoms with Crippen LogP contribution >= 0.6 is 0 Å². The van der Waals surface area contributed by atoms with E-state index in [1.165, 1.54) is 0 Å². The highest BCUT2D eigenvalue weighted by molar-refractivity contribution is 6.06. The van der Waals surface area contributed by atoms with E-state index in [1.54, 1.807) is 0 Å². The summed E-state index contributed by atoms with van der Waals surface area (Å²) < 4.78 is 5.26. The predicted molar refractivity (Wildman–Crippen MR) is 70.9 cm³/mol. The Morgan fingerprint density at radius 1 is 1.32 bits per heavy atom. The minimum atomic E-state index is -0.839. The summed E-state index contributed by atoms with van der Waals surface area (Å²) in [7, 11) is 0. The number of carbonyl (C=O) groups is 1. The highest BCUT2D eigenvalue weighted by Crippen LogP contribution is 2.36. The number of ether oxygens (including phenoxy) is 1. The number of oxime groups is 1. The Bertz CT molecular complexity index is 343. The van der Waals surface area contributed by atoms with E-state index in [4.69, 9.17) is 15.7 Å². The molecular weight excluding hydrogens is 246 g/mol. The largest absolute Gasteiger partial charge is 0.409 e. The molecule has 1 saturated heterocycles. The van der Waals surface area contributed by atoms with Gasteiger partial charge in [0, 0.05) is 6.61 Å². The summed E-state index contributed by atoms with van der Waals surface area (Å²) in [6, 6.07) is 0.0547. The number of amidine groups is 1. The number of nitrogens with zero attached hydrogens (tertiary/aromatic N) is 1. The molecule has 1 atom stereocenters. The van der Waals surface area contributed by atoms with Gasteiger partial charge in [-0.3, -0.25) is 4.79 Å². The normalized spacial score (nSPS) is 27.8. The molecule has 1 aliphatic heterocycles. The molecule has 6 heteroatoms. The van der Waals surface area contributed by atoms with Crippen LogP contribution in [-0.4, -0.2) is 36.2 Å². The Hall–Kier alpha value is -1.30. The fourth-order valence-corrected chi connectivity index (χ4v) is 3.00. The number of nitrogens with one attached hydrogen (secondary N) is 1. The zero-order chi connectivity index (χ0) is 13.7. The smallest absolute Gasteiger partial charge is 0.234 e. The minimum absolute atomic E-state index is 0.0471. The number of hydrogen-bond acceptors (Lipinski definition) is 4. The molecule has 4 N–H and O–H groups in total. The van der Waals surface area contributed by atoms with Crippen molar-refractivity contribution in [1.29, 1.82) is 0 Å². The summed E-state index contributed by atoms with van der Waals surface area (Å²) in [5.74, 6) is -0.0639. The fraction of sp³-hybridized carbons (Fsp3) is 0.846. The van der Waals surface area contributed by atoms with Gasteiger partial charge in [-0.1, -0.05) is 30.8 Å². The summed E-state index contributed by atoms with van der Waals surface area (Å²) in [5.41, 5.74) is 5.00. The van der Waals surface area contributed by atoms with Gasteiger partial charge in [0.25, 0.3) is 0 Å². The SMILES string of the molecule is NC(=NO)C1(C(=O)NC2CCOC2)CCCCCC1. The summed E-state index contributed by atoms with van der Waals surface area (Å²) in [6.07, 6.45) is 6.21. The van der Waals surface area contributed by atoms with Crippen molar-refractivity contribution < 1.29 is 14.7 Å². The first-order valence-electron chi connectivity index (χ1n) is 7.06. The van der Waals surface area contributed by atoms with E-state index in [0.29, 0.717) is 26.1 Å². The number of hydrogen-bond donors (Lipinski definition) is 3. The van der Waals surface area contributed by atoms with Crippen molar-refractivity contribution in [3.05, 3.63) is 0 Å². The van der Waals surface area contributed by atoms with Crippen LogP contribution in [0.1, 0.15) is 44.9 Å². The highest BCUT2D eigenvalue weighted by Gasteiger charge is 2.43. The third-order valence-electron chi connectivity index (χ3n) is 4.25. The molecule has 1 unspecified atom stereocenters. The molecule has 0 aromatic carbocycles. The van der Waals surface area contributed by atoms with Crippen LogP contribution in [0.3, 0.4) is 0 Å². The Kier molecular flexibility index (Phi) is 4.63. The van der Waals surface area contributed by atoms with E-state index in [0.717, 1.165) is 32.1 Å². The number of nitrogens with two attached hydrogens (primary N) is 1. The third-order valence-corrected chi connectivity index (χ3v) is 4.25. The van der Waals surface area contributed by atoms with Gasteiger partial charge in [-0.15, -0.1) is 0 Å². The molecule has 6 nitrogen and oxygen atoms in total. The number of amides is 1. The maximum Gasteiger partial charge on any atom is 0.234 e. The lowest BCUT2D eigenvalue weighted by molar-refractivity contribution is -0.129. The summed E-state index contributed by atoms with van der Waals surface area (Å²) >= 11 is 0. The van der Waals surface area contributed by atoms with E-state index in [9.17, 15) is 4.79 Å². The Morgan fingerprint density at radius 2 is 2.00 bits per heavy atom. The molecule has 108 valence electrons. The first-order chi connectivity index (χ1) is 9.19. The molecule has 1 aliphatic carbocycles. The van der Waals surface area contributed by atoms with Crippen LogP contribution in [0.15, 0.2) is 5.16 Å². The van der Waals surface area contributed by atoms with Crippen molar-refractivity contribution in [1.82, 2.24) is 5.32 Å². The van der Waals surface area contributed by atoms with Gasteiger partial charge in [0.1, 0.15) is 5.41 Å². The molecule has 0 aromatic rings. The third kappa shape index (κ3) is 3.00. The van der Waals surface area contributed by atoms with Crippen LogP contribution in [0.4, 0.5) is 0 Å². The number of rotatable bonds is 3. The number of carbonyl (C=O) groups excluding carboxylic acids is 1. The van der Waals surface area contributed by atoms with Crippen molar-refractivity contribution in [2.75, 3.05) is 13.2 Å².